The van der Waals surface area contributed by atoms with Crippen molar-refractivity contribution < 1.29 is 0 Å². The fraction of sp³-hybridized carbons (Fsp3) is 0.625. The van der Waals surface area contributed by atoms with Crippen LogP contribution in [0.2, 0.25) is 5.02 Å². The lowest BCUT2D eigenvalue weighted by atomic mass is 9.76. The first kappa shape index (κ1) is 15.3. The molecule has 1 fully saturated rings. The second-order valence-corrected chi connectivity index (χ2v) is 7.01. The van der Waals surface area contributed by atoms with Gasteiger partial charge in [0.15, 0.2) is 0 Å². The molecule has 0 aliphatic heterocycles. The maximum Gasteiger partial charge on any atom is 0.0420 e. The van der Waals surface area contributed by atoms with Crippen LogP contribution in [0.15, 0.2) is 22.7 Å². The lowest BCUT2D eigenvalue weighted by molar-refractivity contribution is 0.224. The van der Waals surface area contributed by atoms with Gasteiger partial charge in [0.25, 0.3) is 0 Å². The molecule has 0 saturated heterocycles. The van der Waals surface area contributed by atoms with E-state index in [2.05, 4.69) is 47.4 Å². The Morgan fingerprint density at radius 2 is 1.95 bits per heavy atom. The van der Waals surface area contributed by atoms with Crippen molar-refractivity contribution in [3.05, 3.63) is 33.3 Å². The Morgan fingerprint density at radius 3 is 2.47 bits per heavy atom. The highest BCUT2D eigenvalue weighted by Gasteiger charge is 2.27. The zero-order chi connectivity index (χ0) is 13.8. The van der Waals surface area contributed by atoms with Gasteiger partial charge < -0.3 is 5.32 Å². The molecule has 1 aliphatic carbocycles. The first-order valence-electron chi connectivity index (χ1n) is 7.27. The fourth-order valence-electron chi connectivity index (χ4n) is 3.36. The SMILES string of the molecule is CCC1CCC(C(NC)c2cc(Cl)cc(Br)c2)CC1. The minimum atomic E-state index is 0.424. The van der Waals surface area contributed by atoms with Gasteiger partial charge in [-0.25, -0.2) is 0 Å². The van der Waals surface area contributed by atoms with Crippen LogP contribution in [-0.2, 0) is 0 Å². The standard InChI is InChI=1S/C16H23BrClN/c1-3-11-4-6-12(7-5-11)16(19-2)13-8-14(17)10-15(18)9-13/h8-12,16,19H,3-7H2,1-2H3. The van der Waals surface area contributed by atoms with E-state index in [9.17, 15) is 0 Å². The van der Waals surface area contributed by atoms with Crippen LogP contribution < -0.4 is 5.32 Å². The fourth-order valence-corrected chi connectivity index (χ4v) is 4.25. The second-order valence-electron chi connectivity index (χ2n) is 5.66. The van der Waals surface area contributed by atoms with Crippen molar-refractivity contribution >= 4 is 27.5 Å². The highest BCUT2D eigenvalue weighted by molar-refractivity contribution is 9.10. The molecule has 106 valence electrons. The smallest absolute Gasteiger partial charge is 0.0420 e. The third kappa shape index (κ3) is 3.96. The summed E-state index contributed by atoms with van der Waals surface area (Å²) in [4.78, 5) is 0. The van der Waals surface area contributed by atoms with E-state index in [1.807, 2.05) is 6.07 Å². The van der Waals surface area contributed by atoms with Gasteiger partial charge >= 0.3 is 0 Å². The summed E-state index contributed by atoms with van der Waals surface area (Å²) in [5, 5.41) is 4.31. The summed E-state index contributed by atoms with van der Waals surface area (Å²) < 4.78 is 1.07. The average molecular weight is 345 g/mol. The number of hydrogen-bond donors (Lipinski definition) is 1. The third-order valence-corrected chi connectivity index (χ3v) is 5.17. The molecule has 1 aromatic carbocycles. The molecule has 1 aromatic rings. The molecule has 1 nitrogen and oxygen atoms in total. The largest absolute Gasteiger partial charge is 0.313 e. The molecule has 0 radical (unpaired) electrons. The van der Waals surface area contributed by atoms with Crippen LogP contribution in [0.5, 0.6) is 0 Å². The van der Waals surface area contributed by atoms with E-state index >= 15 is 0 Å². The zero-order valence-corrected chi connectivity index (χ0v) is 14.1. The van der Waals surface area contributed by atoms with Crippen LogP contribution in [0.3, 0.4) is 0 Å². The molecule has 2 rings (SSSR count). The molecule has 1 atom stereocenters. The maximum absolute atomic E-state index is 6.18. The lowest BCUT2D eigenvalue weighted by Gasteiger charge is -2.34. The molecule has 19 heavy (non-hydrogen) atoms. The number of benzene rings is 1. The van der Waals surface area contributed by atoms with Crippen LogP contribution in [0.25, 0.3) is 0 Å². The lowest BCUT2D eigenvalue weighted by Crippen LogP contribution is -2.28. The molecular formula is C16H23BrClN. The molecule has 0 aromatic heterocycles. The van der Waals surface area contributed by atoms with Crippen molar-refractivity contribution in [2.24, 2.45) is 11.8 Å². The van der Waals surface area contributed by atoms with Gasteiger partial charge in [0.1, 0.15) is 0 Å². The Bertz CT molecular complexity index is 393. The predicted octanol–water partition coefficient (Wildman–Crippen LogP) is 5.58. The number of halogens is 2. The van der Waals surface area contributed by atoms with Gasteiger partial charge in [-0.1, -0.05) is 53.7 Å². The van der Waals surface area contributed by atoms with E-state index in [-0.39, 0.29) is 0 Å². The van der Waals surface area contributed by atoms with Gasteiger partial charge in [-0.2, -0.15) is 0 Å². The zero-order valence-electron chi connectivity index (χ0n) is 11.8. The summed E-state index contributed by atoms with van der Waals surface area (Å²) in [7, 11) is 2.06. The minimum Gasteiger partial charge on any atom is -0.313 e. The van der Waals surface area contributed by atoms with Crippen LogP contribution in [0.1, 0.15) is 50.6 Å². The molecule has 3 heteroatoms. The second kappa shape index (κ2) is 7.10. The Hall–Kier alpha value is -0.0500. The van der Waals surface area contributed by atoms with Crippen LogP contribution in [0, 0.1) is 11.8 Å². The van der Waals surface area contributed by atoms with E-state index < -0.39 is 0 Å². The summed E-state index contributed by atoms with van der Waals surface area (Å²) >= 11 is 9.72. The van der Waals surface area contributed by atoms with Gasteiger partial charge in [0, 0.05) is 15.5 Å². The first-order chi connectivity index (χ1) is 9.13. The summed E-state index contributed by atoms with van der Waals surface area (Å²) in [6, 6.07) is 6.66. The normalized spacial score (nSPS) is 25.3. The highest BCUT2D eigenvalue weighted by Crippen LogP contribution is 2.38. The molecular weight excluding hydrogens is 322 g/mol. The van der Waals surface area contributed by atoms with E-state index in [0.717, 1.165) is 21.3 Å². The topological polar surface area (TPSA) is 12.0 Å². The molecule has 0 heterocycles. The van der Waals surface area contributed by atoms with E-state index in [0.29, 0.717) is 6.04 Å². The average Bonchev–Trinajstić information content (AvgIpc) is 2.39. The number of rotatable bonds is 4. The third-order valence-electron chi connectivity index (χ3n) is 4.50. The molecule has 1 aliphatic rings. The number of hydrogen-bond acceptors (Lipinski definition) is 1. The van der Waals surface area contributed by atoms with Crippen LogP contribution >= 0.6 is 27.5 Å². The van der Waals surface area contributed by atoms with E-state index in [4.69, 9.17) is 11.6 Å². The summed E-state index contributed by atoms with van der Waals surface area (Å²) in [6.07, 6.45) is 6.74. The molecule has 0 amide bonds. The van der Waals surface area contributed by atoms with Crippen LogP contribution in [-0.4, -0.2) is 7.05 Å². The summed E-state index contributed by atoms with van der Waals surface area (Å²) in [5.74, 6) is 1.68. The van der Waals surface area contributed by atoms with Crippen molar-refractivity contribution in [2.75, 3.05) is 7.05 Å². The monoisotopic (exact) mass is 343 g/mol. The van der Waals surface area contributed by atoms with Gasteiger partial charge in [0.05, 0.1) is 0 Å². The highest BCUT2D eigenvalue weighted by atomic mass is 79.9. The molecule has 1 unspecified atom stereocenters. The van der Waals surface area contributed by atoms with E-state index in [1.165, 1.54) is 37.7 Å². The summed E-state index contributed by atoms with van der Waals surface area (Å²) in [6.45, 7) is 2.31. The van der Waals surface area contributed by atoms with Crippen molar-refractivity contribution in [3.63, 3.8) is 0 Å². The van der Waals surface area contributed by atoms with Crippen molar-refractivity contribution in [3.8, 4) is 0 Å². The quantitative estimate of drug-likeness (QED) is 0.752. The maximum atomic E-state index is 6.18. The molecule has 0 spiro atoms. The van der Waals surface area contributed by atoms with Crippen molar-refractivity contribution in [1.29, 1.82) is 0 Å². The molecule has 1 N–H and O–H groups in total. The van der Waals surface area contributed by atoms with Gasteiger partial charge in [-0.05, 0) is 55.5 Å². The number of nitrogens with one attached hydrogen (secondary N) is 1. The van der Waals surface area contributed by atoms with Gasteiger partial charge in [0.2, 0.25) is 0 Å². The Balaban J connectivity index is 2.11. The van der Waals surface area contributed by atoms with Crippen molar-refractivity contribution in [2.45, 2.75) is 45.1 Å². The van der Waals surface area contributed by atoms with E-state index in [1.54, 1.807) is 0 Å². The summed E-state index contributed by atoms with van der Waals surface area (Å²) in [5.41, 5.74) is 1.31. The van der Waals surface area contributed by atoms with Crippen molar-refractivity contribution in [1.82, 2.24) is 5.32 Å². The molecule has 1 saturated carbocycles. The Kier molecular flexibility index (Phi) is 5.73. The first-order valence-corrected chi connectivity index (χ1v) is 8.44. The van der Waals surface area contributed by atoms with Crippen LogP contribution in [0.4, 0.5) is 0 Å². The predicted molar refractivity (Wildman–Crippen MR) is 86.7 cm³/mol. The minimum absolute atomic E-state index is 0.424. The van der Waals surface area contributed by atoms with Gasteiger partial charge in [-0.3, -0.25) is 0 Å². The van der Waals surface area contributed by atoms with Gasteiger partial charge in [-0.15, -0.1) is 0 Å². The Morgan fingerprint density at radius 1 is 1.26 bits per heavy atom. The Labute approximate surface area is 130 Å². The molecule has 0 bridgehead atoms.